The van der Waals surface area contributed by atoms with Crippen molar-refractivity contribution < 1.29 is 9.90 Å². The van der Waals surface area contributed by atoms with Gasteiger partial charge in [-0.2, -0.15) is 0 Å². The van der Waals surface area contributed by atoms with Gasteiger partial charge < -0.3 is 15.3 Å². The number of carbonyl (C=O) groups is 1. The van der Waals surface area contributed by atoms with E-state index < -0.39 is 5.97 Å². The normalized spacial score (nSPS) is 21.3. The first-order chi connectivity index (χ1) is 9.06. The number of aromatic carboxylic acids is 1. The summed E-state index contributed by atoms with van der Waals surface area (Å²) in [7, 11) is 4.26. The highest BCUT2D eigenvalue weighted by atomic mass is 16.4. The molecule has 0 bridgehead atoms. The molecule has 0 radical (unpaired) electrons. The number of hydrogen-bond donors (Lipinski definition) is 2. The van der Waals surface area contributed by atoms with Gasteiger partial charge in [0.25, 0.3) is 0 Å². The Morgan fingerprint density at radius 2 is 2.21 bits per heavy atom. The van der Waals surface area contributed by atoms with Gasteiger partial charge in [0.15, 0.2) is 0 Å². The van der Waals surface area contributed by atoms with Gasteiger partial charge in [-0.1, -0.05) is 6.07 Å². The van der Waals surface area contributed by atoms with Crippen molar-refractivity contribution in [3.63, 3.8) is 0 Å². The van der Waals surface area contributed by atoms with Crippen LogP contribution in [-0.2, 0) is 0 Å². The monoisotopic (exact) mass is 263 g/mol. The minimum Gasteiger partial charge on any atom is -0.478 e. The Balaban J connectivity index is 1.94. The number of anilines is 1. The third kappa shape index (κ3) is 3.68. The Hall–Kier alpha value is -1.59. The van der Waals surface area contributed by atoms with E-state index in [2.05, 4.69) is 29.2 Å². The molecule has 2 N–H and O–H groups in total. The van der Waals surface area contributed by atoms with Crippen LogP contribution in [0.2, 0.25) is 0 Å². The first-order valence-electron chi connectivity index (χ1n) is 6.52. The second-order valence-corrected chi connectivity index (χ2v) is 5.16. The molecule has 1 unspecified atom stereocenters. The van der Waals surface area contributed by atoms with E-state index in [0.29, 0.717) is 11.6 Å². The molecular formula is C14H21N3O2. The van der Waals surface area contributed by atoms with Gasteiger partial charge in [-0.05, 0) is 32.3 Å². The van der Waals surface area contributed by atoms with Crippen LogP contribution in [0.25, 0.3) is 0 Å². The van der Waals surface area contributed by atoms with Crippen molar-refractivity contribution in [1.29, 1.82) is 0 Å². The lowest BCUT2D eigenvalue weighted by atomic mass is 10.1. The van der Waals surface area contributed by atoms with Crippen LogP contribution < -0.4 is 5.32 Å². The third-order valence-electron chi connectivity index (χ3n) is 3.63. The van der Waals surface area contributed by atoms with E-state index in [4.69, 9.17) is 5.11 Å². The Morgan fingerprint density at radius 1 is 1.42 bits per heavy atom. The molecule has 0 aliphatic carbocycles. The molecule has 1 aromatic rings. The van der Waals surface area contributed by atoms with Crippen molar-refractivity contribution >= 4 is 11.7 Å². The standard InChI is InChI=1S/C14H21N3O2/c1-16-6-7-17(2)13(10-16)9-15-12-5-3-4-11(8-12)14(18)19/h3-5,8,13,15H,6-7,9-10H2,1-2H3,(H,18,19). The fraction of sp³-hybridized carbons (Fsp3) is 0.500. The van der Waals surface area contributed by atoms with E-state index in [0.717, 1.165) is 31.9 Å². The zero-order chi connectivity index (χ0) is 13.8. The predicted octanol–water partition coefficient (Wildman–Crippen LogP) is 1.04. The number of piperazine rings is 1. The number of likely N-dealkylation sites (N-methyl/N-ethyl adjacent to an activating group) is 2. The second-order valence-electron chi connectivity index (χ2n) is 5.16. The first kappa shape index (κ1) is 13.8. The highest BCUT2D eigenvalue weighted by Gasteiger charge is 2.21. The average Bonchev–Trinajstić information content (AvgIpc) is 2.40. The number of nitrogens with zero attached hydrogens (tertiary/aromatic N) is 2. The van der Waals surface area contributed by atoms with Gasteiger partial charge in [0.05, 0.1) is 5.56 Å². The van der Waals surface area contributed by atoms with E-state index in [1.54, 1.807) is 18.2 Å². The van der Waals surface area contributed by atoms with Crippen LogP contribution in [0.4, 0.5) is 5.69 Å². The van der Waals surface area contributed by atoms with Crippen LogP contribution in [0, 0.1) is 0 Å². The maximum Gasteiger partial charge on any atom is 0.335 e. The molecule has 1 aromatic carbocycles. The van der Waals surface area contributed by atoms with Crippen molar-refractivity contribution in [2.45, 2.75) is 6.04 Å². The maximum absolute atomic E-state index is 10.9. The molecular weight excluding hydrogens is 242 g/mol. The van der Waals surface area contributed by atoms with E-state index >= 15 is 0 Å². The number of nitrogens with one attached hydrogen (secondary N) is 1. The summed E-state index contributed by atoms with van der Waals surface area (Å²) < 4.78 is 0. The quantitative estimate of drug-likeness (QED) is 0.850. The molecule has 5 heteroatoms. The Morgan fingerprint density at radius 3 is 2.95 bits per heavy atom. The van der Waals surface area contributed by atoms with Crippen molar-refractivity contribution in [2.24, 2.45) is 0 Å². The smallest absolute Gasteiger partial charge is 0.335 e. The maximum atomic E-state index is 10.9. The first-order valence-corrected chi connectivity index (χ1v) is 6.52. The number of carboxylic acids is 1. The van der Waals surface area contributed by atoms with Gasteiger partial charge in [0, 0.05) is 37.9 Å². The minimum atomic E-state index is -0.891. The summed E-state index contributed by atoms with van der Waals surface area (Å²) in [6, 6.07) is 7.40. The summed E-state index contributed by atoms with van der Waals surface area (Å²) in [6.45, 7) is 4.02. The van der Waals surface area contributed by atoms with Crippen LogP contribution >= 0.6 is 0 Å². The zero-order valence-corrected chi connectivity index (χ0v) is 11.5. The van der Waals surface area contributed by atoms with Gasteiger partial charge >= 0.3 is 5.97 Å². The minimum absolute atomic E-state index is 0.319. The molecule has 0 amide bonds. The van der Waals surface area contributed by atoms with E-state index in [1.807, 2.05) is 6.07 Å². The van der Waals surface area contributed by atoms with Gasteiger partial charge in [-0.25, -0.2) is 4.79 Å². The van der Waals surface area contributed by atoms with Crippen LogP contribution in [0.1, 0.15) is 10.4 Å². The van der Waals surface area contributed by atoms with Gasteiger partial charge in [0.1, 0.15) is 0 Å². The lowest BCUT2D eigenvalue weighted by molar-refractivity contribution is 0.0697. The number of hydrogen-bond acceptors (Lipinski definition) is 4. The SMILES string of the molecule is CN1CCN(C)C(CNc2cccc(C(=O)O)c2)C1. The molecule has 1 atom stereocenters. The van der Waals surface area contributed by atoms with E-state index in [-0.39, 0.29) is 0 Å². The summed E-state index contributed by atoms with van der Waals surface area (Å²) in [4.78, 5) is 15.6. The third-order valence-corrected chi connectivity index (χ3v) is 3.63. The van der Waals surface area contributed by atoms with Crippen LogP contribution in [0.15, 0.2) is 24.3 Å². The molecule has 1 aliphatic rings. The highest BCUT2D eigenvalue weighted by Crippen LogP contribution is 2.12. The molecule has 1 saturated heterocycles. The summed E-state index contributed by atoms with van der Waals surface area (Å²) in [5, 5.41) is 12.3. The second kappa shape index (κ2) is 6.04. The Labute approximate surface area is 113 Å². The molecule has 5 nitrogen and oxygen atoms in total. The van der Waals surface area contributed by atoms with Crippen molar-refractivity contribution in [1.82, 2.24) is 9.80 Å². The van der Waals surface area contributed by atoms with E-state index in [9.17, 15) is 4.79 Å². The molecule has 1 heterocycles. The lowest BCUT2D eigenvalue weighted by Crippen LogP contribution is -2.52. The fourth-order valence-corrected chi connectivity index (χ4v) is 2.32. The van der Waals surface area contributed by atoms with Crippen LogP contribution in [0.5, 0.6) is 0 Å². The number of benzene rings is 1. The zero-order valence-electron chi connectivity index (χ0n) is 11.5. The molecule has 19 heavy (non-hydrogen) atoms. The molecule has 0 saturated carbocycles. The molecule has 2 rings (SSSR count). The summed E-state index contributed by atoms with van der Waals surface area (Å²) in [5.41, 5.74) is 1.18. The number of carboxylic acid groups (broad SMARTS) is 1. The number of rotatable bonds is 4. The van der Waals surface area contributed by atoms with Gasteiger partial charge in [0.2, 0.25) is 0 Å². The lowest BCUT2D eigenvalue weighted by Gasteiger charge is -2.37. The molecule has 0 spiro atoms. The molecule has 104 valence electrons. The average molecular weight is 263 g/mol. The van der Waals surface area contributed by atoms with Crippen LogP contribution in [-0.4, -0.2) is 67.2 Å². The van der Waals surface area contributed by atoms with Crippen molar-refractivity contribution in [3.05, 3.63) is 29.8 Å². The fourth-order valence-electron chi connectivity index (χ4n) is 2.32. The summed E-state index contributed by atoms with van der Waals surface area (Å²) in [6.07, 6.45) is 0. The topological polar surface area (TPSA) is 55.8 Å². The predicted molar refractivity (Wildman–Crippen MR) is 75.8 cm³/mol. The van der Waals surface area contributed by atoms with Crippen LogP contribution in [0.3, 0.4) is 0 Å². The van der Waals surface area contributed by atoms with E-state index in [1.165, 1.54) is 0 Å². The summed E-state index contributed by atoms with van der Waals surface area (Å²) in [5.74, 6) is -0.891. The molecule has 1 fully saturated rings. The Bertz CT molecular complexity index is 450. The molecule has 0 aromatic heterocycles. The Kier molecular flexibility index (Phi) is 4.39. The molecule has 1 aliphatic heterocycles. The highest BCUT2D eigenvalue weighted by molar-refractivity contribution is 5.88. The largest absolute Gasteiger partial charge is 0.478 e. The van der Waals surface area contributed by atoms with Crippen molar-refractivity contribution in [3.8, 4) is 0 Å². The van der Waals surface area contributed by atoms with Crippen molar-refractivity contribution in [2.75, 3.05) is 45.6 Å². The van der Waals surface area contributed by atoms with Gasteiger partial charge in [-0.3, -0.25) is 4.90 Å². The summed E-state index contributed by atoms with van der Waals surface area (Å²) >= 11 is 0. The van der Waals surface area contributed by atoms with Gasteiger partial charge in [-0.15, -0.1) is 0 Å².